The molecule has 9 atom stereocenters. The number of rotatable bonds is 33. The van der Waals surface area contributed by atoms with Crippen LogP contribution in [0.5, 0.6) is 11.5 Å². The van der Waals surface area contributed by atoms with Crippen LogP contribution in [0.25, 0.3) is 0 Å². The van der Waals surface area contributed by atoms with Gasteiger partial charge in [-0.3, -0.25) is 38.4 Å². The molecular formula is C54H83N9O13S. The van der Waals surface area contributed by atoms with E-state index in [-0.39, 0.29) is 80.7 Å². The van der Waals surface area contributed by atoms with Crippen molar-refractivity contribution in [3.05, 3.63) is 59.7 Å². The topological polar surface area (TPSA) is 348 Å². The van der Waals surface area contributed by atoms with Crippen LogP contribution in [0, 0.1) is 11.8 Å². The number of nitrogens with two attached hydrogens (primary N) is 1. The third kappa shape index (κ3) is 22.2. The first-order valence-electron chi connectivity index (χ1n) is 26.6. The van der Waals surface area contributed by atoms with Crippen molar-refractivity contribution >= 4 is 65.0 Å². The lowest BCUT2D eigenvalue weighted by molar-refractivity contribution is -0.143. The first kappa shape index (κ1) is 64.8. The number of phenols is 2. The highest BCUT2D eigenvalue weighted by Crippen LogP contribution is 2.22. The summed E-state index contributed by atoms with van der Waals surface area (Å²) in [7, 11) is 0. The molecule has 8 amide bonds. The zero-order valence-corrected chi connectivity index (χ0v) is 46.3. The number of hydrogen-bond acceptors (Lipinski definition) is 14. The van der Waals surface area contributed by atoms with Gasteiger partial charge in [0.25, 0.3) is 0 Å². The third-order valence-corrected chi connectivity index (χ3v) is 13.5. The summed E-state index contributed by atoms with van der Waals surface area (Å²) in [6.45, 7) is 10.9. The largest absolute Gasteiger partial charge is 0.508 e. The molecular weight excluding hydrogens is 1010 g/mol. The summed E-state index contributed by atoms with van der Waals surface area (Å²) in [5.41, 5.74) is 6.58. The van der Waals surface area contributed by atoms with Gasteiger partial charge in [0.05, 0.1) is 6.10 Å². The number of nitrogens with zero attached hydrogens (tertiary/aromatic N) is 1. The Morgan fingerprint density at radius 2 is 1.12 bits per heavy atom. The SMILES string of the molecule is CCCC(=O)N[C@@H](CC(C)C)C(=O)N[C@@H](CCSC)C(=O)N[C@@H](Cc1ccc(O)cc1)C(=O)N1CCC[C@H]1C(=O)N[C@H](C(=O)N[C@@H](Cc1ccc(O)cc1)C(=O)N[C@@H](CC(C)C)C(=O)N[C@@H](CCCCN)C(=O)O)[C@@H](C)O. The number of benzene rings is 2. The van der Waals surface area contributed by atoms with E-state index in [1.807, 2.05) is 27.0 Å². The highest BCUT2D eigenvalue weighted by molar-refractivity contribution is 7.98. The standard InChI is InChI=1S/C54H83N9O13S/c1-8-12-45(67)56-40(27-31(2)3)48(69)57-38(23-26-77-7)47(68)61-43(30-35-17-21-37(66)22-18-35)53(74)63-25-11-14-44(63)51(72)62-46(33(6)64)52(73)60-42(29-34-15-19-36(65)20-16-34)50(71)59-41(28-32(4)5)49(70)58-39(54(75)76)13-9-10-24-55/h15-22,31-33,38-44,46,64-66H,8-14,23-30,55H2,1-7H3,(H,56,67)(H,57,69)(H,58,70)(H,59,71)(H,60,73)(H,61,68)(H,62,72)(H,75,76)/t33-,38+,39+,40+,41+,42+,43+,44+,46+/m1/s1. The normalized spacial score (nSPS) is 16.4. The third-order valence-electron chi connectivity index (χ3n) is 12.9. The summed E-state index contributed by atoms with van der Waals surface area (Å²) in [5, 5.41) is 59.6. The Morgan fingerprint density at radius 3 is 1.62 bits per heavy atom. The lowest BCUT2D eigenvalue weighted by Crippen LogP contribution is -2.62. The second-order valence-electron chi connectivity index (χ2n) is 20.5. The van der Waals surface area contributed by atoms with E-state index < -0.39 is 102 Å². The number of carboxylic acids is 1. The highest BCUT2D eigenvalue weighted by atomic mass is 32.2. The molecule has 13 N–H and O–H groups in total. The monoisotopic (exact) mass is 1100 g/mol. The number of aromatic hydroxyl groups is 2. The van der Waals surface area contributed by atoms with Crippen LogP contribution >= 0.6 is 11.8 Å². The Bertz CT molecular complexity index is 2270. The molecule has 1 saturated heterocycles. The lowest BCUT2D eigenvalue weighted by Gasteiger charge is -2.32. The van der Waals surface area contributed by atoms with E-state index in [4.69, 9.17) is 5.73 Å². The van der Waals surface area contributed by atoms with Crippen molar-refractivity contribution in [2.45, 2.75) is 173 Å². The van der Waals surface area contributed by atoms with E-state index in [1.165, 1.54) is 60.0 Å². The number of thioether (sulfide) groups is 1. The average Bonchev–Trinajstić information content (AvgIpc) is 3.86. The van der Waals surface area contributed by atoms with Gasteiger partial charge in [-0.25, -0.2) is 4.79 Å². The minimum absolute atomic E-state index is 0.0166. The minimum atomic E-state index is -1.70. The summed E-state index contributed by atoms with van der Waals surface area (Å²) in [6, 6.07) is 1.49. The van der Waals surface area contributed by atoms with E-state index in [2.05, 4.69) is 37.2 Å². The fourth-order valence-electron chi connectivity index (χ4n) is 8.81. The predicted molar refractivity (Wildman–Crippen MR) is 291 cm³/mol. The number of unbranched alkanes of at least 4 members (excludes halogenated alkanes) is 1. The molecule has 0 spiro atoms. The molecule has 2 aromatic rings. The van der Waals surface area contributed by atoms with Crippen LogP contribution in [0.1, 0.15) is 117 Å². The van der Waals surface area contributed by atoms with Gasteiger partial charge in [-0.05, 0) is 130 Å². The number of carboxylic acid groups (broad SMARTS) is 1. The molecule has 1 aliphatic heterocycles. The number of phenolic OH excluding ortho intramolecular Hbond substituents is 2. The zero-order chi connectivity index (χ0) is 57.4. The fourth-order valence-corrected chi connectivity index (χ4v) is 9.28. The number of likely N-dealkylation sites (tertiary alicyclic amines) is 1. The van der Waals surface area contributed by atoms with Crippen molar-refractivity contribution in [1.82, 2.24) is 42.1 Å². The van der Waals surface area contributed by atoms with E-state index in [0.717, 1.165) is 0 Å². The highest BCUT2D eigenvalue weighted by Gasteiger charge is 2.41. The maximum atomic E-state index is 14.8. The number of amides is 8. The molecule has 23 heteroatoms. The van der Waals surface area contributed by atoms with Crippen LogP contribution in [0.2, 0.25) is 0 Å². The Hall–Kier alpha value is -6.46. The van der Waals surface area contributed by atoms with Crippen LogP contribution in [-0.4, -0.2) is 158 Å². The molecule has 0 radical (unpaired) electrons. The summed E-state index contributed by atoms with van der Waals surface area (Å²) < 4.78 is 0. The average molecular weight is 1100 g/mol. The molecule has 428 valence electrons. The molecule has 22 nitrogen and oxygen atoms in total. The molecule has 0 aromatic heterocycles. The maximum absolute atomic E-state index is 14.8. The van der Waals surface area contributed by atoms with E-state index in [9.17, 15) is 63.6 Å². The number of nitrogens with one attached hydrogen (secondary N) is 7. The smallest absolute Gasteiger partial charge is 0.326 e. The quantitative estimate of drug-likeness (QED) is 0.0451. The number of carbonyl (C=O) groups excluding carboxylic acids is 8. The van der Waals surface area contributed by atoms with Crippen molar-refractivity contribution in [3.8, 4) is 11.5 Å². The van der Waals surface area contributed by atoms with Gasteiger partial charge in [-0.15, -0.1) is 0 Å². The van der Waals surface area contributed by atoms with Gasteiger partial charge in [0.15, 0.2) is 0 Å². The fraction of sp³-hybridized carbons (Fsp3) is 0.611. The second kappa shape index (κ2) is 33.0. The molecule has 1 aliphatic rings. The lowest BCUT2D eigenvalue weighted by atomic mass is 10.00. The summed E-state index contributed by atoms with van der Waals surface area (Å²) in [5.74, 6) is -6.76. The number of aliphatic hydroxyl groups is 1. The summed E-state index contributed by atoms with van der Waals surface area (Å²) >= 11 is 1.43. The van der Waals surface area contributed by atoms with Crippen LogP contribution in [0.4, 0.5) is 0 Å². The van der Waals surface area contributed by atoms with E-state index in [1.54, 1.807) is 26.0 Å². The van der Waals surface area contributed by atoms with Gasteiger partial charge in [-0.2, -0.15) is 11.8 Å². The summed E-state index contributed by atoms with van der Waals surface area (Å²) in [4.78, 5) is 125. The van der Waals surface area contributed by atoms with Crippen molar-refractivity contribution in [2.75, 3.05) is 25.1 Å². The first-order chi connectivity index (χ1) is 36.5. The Kier molecular flexibility index (Phi) is 27.8. The van der Waals surface area contributed by atoms with Gasteiger partial charge in [0.1, 0.15) is 59.8 Å². The van der Waals surface area contributed by atoms with Gasteiger partial charge in [0.2, 0.25) is 47.3 Å². The van der Waals surface area contributed by atoms with Crippen LogP contribution in [0.3, 0.4) is 0 Å². The van der Waals surface area contributed by atoms with Crippen molar-refractivity contribution < 1.29 is 63.6 Å². The molecule has 0 bridgehead atoms. The number of carbonyl (C=O) groups is 9. The number of aliphatic hydroxyl groups excluding tert-OH is 1. The van der Waals surface area contributed by atoms with Gasteiger partial charge >= 0.3 is 5.97 Å². The van der Waals surface area contributed by atoms with Crippen molar-refractivity contribution in [2.24, 2.45) is 17.6 Å². The van der Waals surface area contributed by atoms with E-state index in [0.29, 0.717) is 55.5 Å². The molecule has 0 saturated carbocycles. The van der Waals surface area contributed by atoms with Crippen molar-refractivity contribution in [1.29, 1.82) is 0 Å². The Balaban J connectivity index is 1.92. The minimum Gasteiger partial charge on any atom is -0.508 e. The predicted octanol–water partition coefficient (Wildman–Crippen LogP) is 1.51. The van der Waals surface area contributed by atoms with Gasteiger partial charge in [-0.1, -0.05) is 58.9 Å². The Labute approximate surface area is 456 Å². The molecule has 0 unspecified atom stereocenters. The van der Waals surface area contributed by atoms with Crippen molar-refractivity contribution in [3.63, 3.8) is 0 Å². The molecule has 1 heterocycles. The van der Waals surface area contributed by atoms with Gasteiger partial charge in [0, 0.05) is 25.8 Å². The molecule has 0 aliphatic carbocycles. The molecule has 2 aromatic carbocycles. The molecule has 3 rings (SSSR count). The number of hydrogen-bond donors (Lipinski definition) is 12. The van der Waals surface area contributed by atoms with Crippen LogP contribution in [-0.2, 0) is 56.0 Å². The molecule has 77 heavy (non-hydrogen) atoms. The zero-order valence-electron chi connectivity index (χ0n) is 45.5. The maximum Gasteiger partial charge on any atom is 0.326 e. The van der Waals surface area contributed by atoms with E-state index >= 15 is 0 Å². The number of aliphatic carboxylic acids is 1. The first-order valence-corrected chi connectivity index (χ1v) is 27.9. The Morgan fingerprint density at radius 1 is 0.636 bits per heavy atom. The summed E-state index contributed by atoms with van der Waals surface area (Å²) in [6.07, 6.45) is 2.83. The van der Waals surface area contributed by atoms with Crippen LogP contribution < -0.4 is 43.0 Å². The molecule has 1 fully saturated rings. The van der Waals surface area contributed by atoms with Gasteiger partial charge < -0.3 is 68.3 Å². The van der Waals surface area contributed by atoms with Crippen LogP contribution in [0.15, 0.2) is 48.5 Å². The second-order valence-corrected chi connectivity index (χ2v) is 21.5.